The predicted octanol–water partition coefficient (Wildman–Crippen LogP) is 4.52. The monoisotopic (exact) mass is 302 g/mol. The highest BCUT2D eigenvalue weighted by Gasteiger charge is 2.27. The van der Waals surface area contributed by atoms with E-state index in [9.17, 15) is 4.79 Å². The molecule has 0 aromatic heterocycles. The molecule has 0 aliphatic heterocycles. The Morgan fingerprint density at radius 3 is 2.55 bits per heavy atom. The lowest BCUT2D eigenvalue weighted by Crippen LogP contribution is -2.24. The van der Waals surface area contributed by atoms with Gasteiger partial charge in [-0.05, 0) is 33.3 Å². The number of carbonyl (C=O) groups excluding carboxylic acids is 1. The van der Waals surface area contributed by atoms with Gasteiger partial charge in [-0.2, -0.15) is 0 Å². The lowest BCUT2D eigenvalue weighted by Gasteiger charge is -2.21. The summed E-state index contributed by atoms with van der Waals surface area (Å²) < 4.78 is 11.0. The molecular weight excluding hydrogens is 276 g/mol. The van der Waals surface area contributed by atoms with Crippen molar-refractivity contribution in [1.29, 1.82) is 0 Å². The van der Waals surface area contributed by atoms with Crippen molar-refractivity contribution in [3.8, 4) is 17.6 Å². The third-order valence-electron chi connectivity index (χ3n) is 3.15. The number of hydrogen-bond acceptors (Lipinski definition) is 3. The van der Waals surface area contributed by atoms with E-state index in [-0.39, 0.29) is 5.97 Å². The molecular formula is C19H26O3. The molecule has 1 atom stereocenters. The predicted molar refractivity (Wildman–Crippen MR) is 88.6 cm³/mol. The molecule has 3 heteroatoms. The zero-order valence-electron chi connectivity index (χ0n) is 14.2. The van der Waals surface area contributed by atoms with Crippen molar-refractivity contribution in [3.63, 3.8) is 0 Å². The van der Waals surface area contributed by atoms with Crippen LogP contribution >= 0.6 is 0 Å². The fraction of sp³-hybridized carbons (Fsp3) is 0.526. The van der Waals surface area contributed by atoms with Crippen LogP contribution in [0.15, 0.2) is 24.3 Å². The summed E-state index contributed by atoms with van der Waals surface area (Å²) in [6.07, 6.45) is 2.34. The zero-order valence-corrected chi connectivity index (χ0v) is 14.2. The van der Waals surface area contributed by atoms with Crippen molar-refractivity contribution in [2.24, 2.45) is 5.41 Å². The Morgan fingerprint density at radius 1 is 1.27 bits per heavy atom. The molecule has 3 nitrogen and oxygen atoms in total. The second-order valence-corrected chi connectivity index (χ2v) is 6.20. The minimum atomic E-state index is -0.597. The molecule has 0 aliphatic carbocycles. The van der Waals surface area contributed by atoms with Crippen LogP contribution in [0.3, 0.4) is 0 Å². The van der Waals surface area contributed by atoms with Gasteiger partial charge in [0.1, 0.15) is 5.75 Å². The number of methoxy groups -OCH3 is 1. The fourth-order valence-electron chi connectivity index (χ4n) is 1.77. The summed E-state index contributed by atoms with van der Waals surface area (Å²) in [5.41, 5.74) is 0.220. The summed E-state index contributed by atoms with van der Waals surface area (Å²) in [5, 5.41) is 0. The van der Waals surface area contributed by atoms with Gasteiger partial charge in [-0.25, -0.2) is 0 Å². The molecule has 1 unspecified atom stereocenters. The van der Waals surface area contributed by atoms with E-state index in [1.165, 1.54) is 0 Å². The second kappa shape index (κ2) is 8.48. The maximum Gasteiger partial charge on any atom is 0.312 e. The van der Waals surface area contributed by atoms with Gasteiger partial charge < -0.3 is 9.47 Å². The summed E-state index contributed by atoms with van der Waals surface area (Å²) in [5.74, 6) is 6.60. The first-order valence-electron chi connectivity index (χ1n) is 7.72. The molecule has 0 saturated heterocycles. The van der Waals surface area contributed by atoms with E-state index in [1.807, 2.05) is 45.0 Å². The van der Waals surface area contributed by atoms with Gasteiger partial charge >= 0.3 is 5.97 Å². The average molecular weight is 302 g/mol. The quantitative estimate of drug-likeness (QED) is 0.456. The number of rotatable bonds is 5. The standard InChI is InChI=1S/C19H26O3/c1-6-7-8-9-14-17(22-18(20)19(2,3)4)15-12-10-11-13-16(15)21-5/h10-13,17H,6-8H2,1-5H3. The molecule has 22 heavy (non-hydrogen) atoms. The highest BCUT2D eigenvalue weighted by molar-refractivity contribution is 5.76. The van der Waals surface area contributed by atoms with Crippen molar-refractivity contribution >= 4 is 5.97 Å². The zero-order chi connectivity index (χ0) is 16.6. The molecule has 0 bridgehead atoms. The Bertz CT molecular complexity index is 544. The Labute approximate surface area is 134 Å². The molecule has 0 amide bonds. The first kappa shape index (κ1) is 18.1. The van der Waals surface area contributed by atoms with Gasteiger partial charge in [0.25, 0.3) is 0 Å². The lowest BCUT2D eigenvalue weighted by molar-refractivity contribution is -0.156. The van der Waals surface area contributed by atoms with Crippen LogP contribution in [-0.4, -0.2) is 13.1 Å². The lowest BCUT2D eigenvalue weighted by atomic mass is 9.97. The smallest absolute Gasteiger partial charge is 0.312 e. The van der Waals surface area contributed by atoms with Crippen molar-refractivity contribution in [2.45, 2.75) is 53.1 Å². The molecule has 1 rings (SSSR count). The minimum absolute atomic E-state index is 0.270. The van der Waals surface area contributed by atoms with E-state index in [2.05, 4.69) is 18.8 Å². The minimum Gasteiger partial charge on any atom is -0.496 e. The summed E-state index contributed by atoms with van der Waals surface area (Å²) in [7, 11) is 1.60. The van der Waals surface area contributed by atoms with Crippen molar-refractivity contribution in [3.05, 3.63) is 29.8 Å². The first-order chi connectivity index (χ1) is 10.4. The maximum atomic E-state index is 12.2. The number of para-hydroxylation sites is 1. The Balaban J connectivity index is 3.04. The molecule has 1 aromatic rings. The highest BCUT2D eigenvalue weighted by Crippen LogP contribution is 2.29. The SMILES string of the molecule is CCCCC#CC(OC(=O)C(C)(C)C)c1ccccc1OC. The molecule has 1 aromatic carbocycles. The van der Waals surface area contributed by atoms with Crippen molar-refractivity contribution < 1.29 is 14.3 Å². The number of hydrogen-bond donors (Lipinski definition) is 0. The summed E-state index contributed by atoms with van der Waals surface area (Å²) in [6.45, 7) is 7.62. The van der Waals surface area contributed by atoms with Crippen LogP contribution < -0.4 is 4.74 Å². The molecule has 0 spiro atoms. The van der Waals surface area contributed by atoms with E-state index in [0.29, 0.717) is 5.75 Å². The average Bonchev–Trinajstić information content (AvgIpc) is 2.49. The highest BCUT2D eigenvalue weighted by atomic mass is 16.5. The fourth-order valence-corrected chi connectivity index (χ4v) is 1.77. The molecule has 120 valence electrons. The Kier molecular flexibility index (Phi) is 6.98. The van der Waals surface area contributed by atoms with Gasteiger partial charge in [0.05, 0.1) is 12.5 Å². The van der Waals surface area contributed by atoms with Crippen LogP contribution in [0, 0.1) is 17.3 Å². The van der Waals surface area contributed by atoms with Crippen LogP contribution in [0.25, 0.3) is 0 Å². The Hall–Kier alpha value is -1.95. The maximum absolute atomic E-state index is 12.2. The van der Waals surface area contributed by atoms with Gasteiger partial charge in [-0.15, -0.1) is 0 Å². The van der Waals surface area contributed by atoms with Crippen LogP contribution in [0.5, 0.6) is 5.75 Å². The van der Waals surface area contributed by atoms with Gasteiger partial charge in [0.2, 0.25) is 0 Å². The van der Waals surface area contributed by atoms with Crippen molar-refractivity contribution in [2.75, 3.05) is 7.11 Å². The third kappa shape index (κ3) is 5.44. The largest absolute Gasteiger partial charge is 0.496 e. The molecule has 0 aliphatic rings. The number of carbonyl (C=O) groups is 1. The summed E-state index contributed by atoms with van der Waals surface area (Å²) >= 11 is 0. The molecule has 0 radical (unpaired) electrons. The van der Waals surface area contributed by atoms with Gasteiger partial charge in [-0.1, -0.05) is 43.4 Å². The van der Waals surface area contributed by atoms with Crippen LogP contribution in [-0.2, 0) is 9.53 Å². The van der Waals surface area contributed by atoms with Crippen LogP contribution in [0.4, 0.5) is 0 Å². The van der Waals surface area contributed by atoms with Crippen LogP contribution in [0.1, 0.15) is 58.6 Å². The number of benzene rings is 1. The van der Waals surface area contributed by atoms with Gasteiger partial charge in [0.15, 0.2) is 6.10 Å². The molecule has 0 N–H and O–H groups in total. The van der Waals surface area contributed by atoms with E-state index in [1.54, 1.807) is 7.11 Å². The molecule has 0 fully saturated rings. The second-order valence-electron chi connectivity index (χ2n) is 6.20. The Morgan fingerprint density at radius 2 is 1.95 bits per heavy atom. The van der Waals surface area contributed by atoms with Gasteiger partial charge in [-0.3, -0.25) is 4.79 Å². The van der Waals surface area contributed by atoms with Gasteiger partial charge in [0, 0.05) is 12.0 Å². The van der Waals surface area contributed by atoms with E-state index in [0.717, 1.165) is 24.8 Å². The first-order valence-corrected chi connectivity index (χ1v) is 7.72. The summed E-state index contributed by atoms with van der Waals surface area (Å²) in [4.78, 5) is 12.2. The summed E-state index contributed by atoms with van der Waals surface area (Å²) in [6, 6.07) is 7.51. The topological polar surface area (TPSA) is 35.5 Å². The van der Waals surface area contributed by atoms with Crippen LogP contribution in [0.2, 0.25) is 0 Å². The van der Waals surface area contributed by atoms with Crippen molar-refractivity contribution in [1.82, 2.24) is 0 Å². The number of ether oxygens (including phenoxy) is 2. The van der Waals surface area contributed by atoms with E-state index >= 15 is 0 Å². The molecule has 0 saturated carbocycles. The normalized spacial score (nSPS) is 12.0. The number of unbranched alkanes of at least 4 members (excludes halogenated alkanes) is 2. The van der Waals surface area contributed by atoms with E-state index < -0.39 is 11.5 Å². The molecule has 0 heterocycles. The van der Waals surface area contributed by atoms with E-state index in [4.69, 9.17) is 9.47 Å². The third-order valence-corrected chi connectivity index (χ3v) is 3.15. The number of esters is 1.